The number of fused-ring (bicyclic) bond motifs is 8. The Bertz CT molecular complexity index is 1920. The van der Waals surface area contributed by atoms with E-state index in [2.05, 4.69) is 132 Å². The quantitative estimate of drug-likeness (QED) is 0.131. The van der Waals surface area contributed by atoms with Crippen molar-refractivity contribution in [2.75, 3.05) is 34.3 Å². The molecule has 4 aromatic carbocycles. The average Bonchev–Trinajstić information content (AvgIpc) is 3.11. The molecule has 0 N–H and O–H groups in total. The summed E-state index contributed by atoms with van der Waals surface area (Å²) >= 11 is 6.39. The predicted octanol–water partition coefficient (Wildman–Crippen LogP) is 13.5. The highest BCUT2D eigenvalue weighted by Crippen LogP contribution is 2.48. The van der Waals surface area contributed by atoms with Gasteiger partial charge in [0.2, 0.25) is 0 Å². The standard InChI is InChI=1S/C52H71ClO4/c1-49(2,3)38-24-32-21-33-25-39(50(4,5)6)27-35(46(33)55-14)23-37-29-41(52(10,11)12)31-44(48(37)57-16)42(19-17-18-20-53)43-30-40(51(7,8)9)28-36(47(43)56-15)22-34(26-38)45(32)54-13/h24-31,42H,17-23H2,1-16H3. The number of unbranched alkanes of at least 4 members (excludes halogenated alkanes) is 1. The zero-order chi connectivity index (χ0) is 42.2. The van der Waals surface area contributed by atoms with Crippen LogP contribution in [0.4, 0.5) is 0 Å². The second-order valence-electron chi connectivity index (χ2n) is 20.4. The highest BCUT2D eigenvalue weighted by Gasteiger charge is 2.32. The van der Waals surface area contributed by atoms with Crippen LogP contribution in [0.1, 0.15) is 175 Å². The summed E-state index contributed by atoms with van der Waals surface area (Å²) in [6.45, 7) is 27.6. The Morgan fingerprint density at radius 2 is 0.684 bits per heavy atom. The van der Waals surface area contributed by atoms with E-state index in [0.717, 1.165) is 75.6 Å². The van der Waals surface area contributed by atoms with Gasteiger partial charge in [-0.3, -0.25) is 0 Å². The van der Waals surface area contributed by atoms with Crippen LogP contribution < -0.4 is 18.9 Å². The van der Waals surface area contributed by atoms with Gasteiger partial charge in [-0.05, 0) is 90.1 Å². The van der Waals surface area contributed by atoms with E-state index in [-0.39, 0.29) is 27.6 Å². The molecule has 0 aromatic heterocycles. The smallest absolute Gasteiger partial charge is 0.126 e. The Morgan fingerprint density at radius 3 is 0.930 bits per heavy atom. The zero-order valence-electron chi connectivity index (χ0n) is 38.2. The lowest BCUT2D eigenvalue weighted by molar-refractivity contribution is 0.389. The molecule has 0 atom stereocenters. The third kappa shape index (κ3) is 9.65. The lowest BCUT2D eigenvalue weighted by atomic mass is 9.76. The van der Waals surface area contributed by atoms with Gasteiger partial charge in [0.05, 0.1) is 28.4 Å². The van der Waals surface area contributed by atoms with Crippen molar-refractivity contribution >= 4 is 11.6 Å². The molecule has 0 heterocycles. The third-order valence-corrected chi connectivity index (χ3v) is 12.2. The van der Waals surface area contributed by atoms with E-state index >= 15 is 0 Å². The summed E-state index contributed by atoms with van der Waals surface area (Å²) < 4.78 is 26.1. The largest absolute Gasteiger partial charge is 0.496 e. The molecule has 0 unspecified atom stereocenters. The molecule has 8 bridgehead atoms. The first-order valence-electron chi connectivity index (χ1n) is 20.9. The van der Waals surface area contributed by atoms with Gasteiger partial charge in [0, 0.05) is 42.2 Å². The van der Waals surface area contributed by atoms with E-state index in [0.29, 0.717) is 25.1 Å². The van der Waals surface area contributed by atoms with Crippen molar-refractivity contribution in [2.45, 2.75) is 149 Å². The van der Waals surface area contributed by atoms with Gasteiger partial charge in [0.25, 0.3) is 0 Å². The Kier molecular flexibility index (Phi) is 13.2. The van der Waals surface area contributed by atoms with E-state index < -0.39 is 0 Å². The molecule has 57 heavy (non-hydrogen) atoms. The van der Waals surface area contributed by atoms with Gasteiger partial charge >= 0.3 is 0 Å². The molecule has 0 amide bonds. The Morgan fingerprint density at radius 1 is 0.421 bits per heavy atom. The summed E-state index contributed by atoms with van der Waals surface area (Å²) in [7, 11) is 7.30. The molecule has 0 radical (unpaired) electrons. The predicted molar refractivity (Wildman–Crippen MR) is 242 cm³/mol. The van der Waals surface area contributed by atoms with E-state index in [1.807, 2.05) is 28.4 Å². The summed E-state index contributed by atoms with van der Waals surface area (Å²) in [6, 6.07) is 19.0. The molecule has 5 rings (SSSR count). The number of benzene rings is 4. The molecular weight excluding hydrogens is 724 g/mol. The molecular formula is C52H71ClO4. The fourth-order valence-corrected chi connectivity index (χ4v) is 8.72. The Labute approximate surface area is 351 Å². The minimum atomic E-state index is -0.105. The normalized spacial score (nSPS) is 14.1. The maximum atomic E-state index is 6.60. The van der Waals surface area contributed by atoms with Gasteiger partial charge in [-0.1, -0.05) is 138 Å². The van der Waals surface area contributed by atoms with Crippen LogP contribution >= 0.6 is 11.6 Å². The fraction of sp³-hybridized carbons (Fsp3) is 0.538. The van der Waals surface area contributed by atoms with Crippen LogP contribution in [0.15, 0.2) is 48.5 Å². The van der Waals surface area contributed by atoms with E-state index in [1.54, 1.807) is 0 Å². The van der Waals surface area contributed by atoms with E-state index in [4.69, 9.17) is 30.5 Å². The van der Waals surface area contributed by atoms with E-state index in [1.165, 1.54) is 33.4 Å². The maximum absolute atomic E-state index is 6.60. The van der Waals surface area contributed by atoms with Crippen molar-refractivity contribution in [1.82, 2.24) is 0 Å². The number of alkyl halides is 1. The van der Waals surface area contributed by atoms with Crippen molar-refractivity contribution in [3.63, 3.8) is 0 Å². The van der Waals surface area contributed by atoms with E-state index in [9.17, 15) is 0 Å². The van der Waals surface area contributed by atoms with Crippen molar-refractivity contribution in [3.8, 4) is 23.0 Å². The minimum Gasteiger partial charge on any atom is -0.496 e. The molecule has 0 saturated carbocycles. The first kappa shape index (κ1) is 44.5. The molecule has 1 aliphatic rings. The molecule has 0 aliphatic heterocycles. The van der Waals surface area contributed by atoms with Gasteiger partial charge in [-0.2, -0.15) is 0 Å². The lowest BCUT2D eigenvalue weighted by Crippen LogP contribution is -2.18. The van der Waals surface area contributed by atoms with Crippen LogP contribution in [-0.2, 0) is 40.9 Å². The molecule has 4 aromatic rings. The second-order valence-corrected chi connectivity index (χ2v) is 20.8. The average molecular weight is 796 g/mol. The zero-order valence-corrected chi connectivity index (χ0v) is 38.9. The van der Waals surface area contributed by atoms with Crippen LogP contribution in [0.5, 0.6) is 23.0 Å². The number of methoxy groups -OCH3 is 4. The molecule has 310 valence electrons. The first-order chi connectivity index (χ1) is 26.5. The van der Waals surface area contributed by atoms with Gasteiger partial charge in [-0.15, -0.1) is 11.6 Å². The minimum absolute atomic E-state index is 0.00939. The molecule has 0 fully saturated rings. The van der Waals surface area contributed by atoms with Crippen LogP contribution in [-0.4, -0.2) is 34.3 Å². The number of rotatable bonds is 8. The van der Waals surface area contributed by atoms with Crippen molar-refractivity contribution in [3.05, 3.63) is 115 Å². The van der Waals surface area contributed by atoms with Gasteiger partial charge in [-0.25, -0.2) is 0 Å². The summed E-state index contributed by atoms with van der Waals surface area (Å²) in [5.74, 6) is 4.32. The van der Waals surface area contributed by atoms with Crippen molar-refractivity contribution < 1.29 is 18.9 Å². The number of hydrogen-bond donors (Lipinski definition) is 0. The summed E-state index contributed by atoms with van der Waals surface area (Å²) in [4.78, 5) is 0. The molecule has 1 aliphatic carbocycles. The highest BCUT2D eigenvalue weighted by atomic mass is 35.5. The number of halogens is 1. The maximum Gasteiger partial charge on any atom is 0.126 e. The Hall–Kier alpha value is -3.63. The van der Waals surface area contributed by atoms with Crippen LogP contribution in [0, 0.1) is 0 Å². The number of hydrogen-bond acceptors (Lipinski definition) is 4. The molecule has 4 nitrogen and oxygen atoms in total. The van der Waals surface area contributed by atoms with Gasteiger partial charge < -0.3 is 18.9 Å². The first-order valence-corrected chi connectivity index (χ1v) is 21.5. The summed E-state index contributed by atoms with van der Waals surface area (Å²) in [5.41, 5.74) is 14.1. The topological polar surface area (TPSA) is 36.9 Å². The fourth-order valence-electron chi connectivity index (χ4n) is 8.53. The van der Waals surface area contributed by atoms with Crippen LogP contribution in [0.2, 0.25) is 0 Å². The SMILES string of the molecule is COc1c2cc(C(C)(C)C)cc1Cc1cc(C(C)(C)C)cc(c1OC)C(CCCCCl)c1cc(C(C)(C)C)cc(c1OC)Cc1cc(C(C)(C)C)cc(c1OC)C2. The third-order valence-electron chi connectivity index (χ3n) is 11.9. The molecule has 5 heteroatoms. The van der Waals surface area contributed by atoms with Crippen LogP contribution in [0.3, 0.4) is 0 Å². The van der Waals surface area contributed by atoms with Gasteiger partial charge in [0.15, 0.2) is 0 Å². The summed E-state index contributed by atoms with van der Waals surface area (Å²) in [5, 5.41) is 0. The molecule has 0 saturated heterocycles. The highest BCUT2D eigenvalue weighted by molar-refractivity contribution is 6.17. The van der Waals surface area contributed by atoms with Gasteiger partial charge in [0.1, 0.15) is 23.0 Å². The monoisotopic (exact) mass is 795 g/mol. The van der Waals surface area contributed by atoms with Crippen LogP contribution in [0.25, 0.3) is 0 Å². The summed E-state index contributed by atoms with van der Waals surface area (Å²) in [6.07, 6.45) is 4.78. The second kappa shape index (κ2) is 16.9. The lowest BCUT2D eigenvalue weighted by Gasteiger charge is -2.31. The van der Waals surface area contributed by atoms with Crippen molar-refractivity contribution in [2.24, 2.45) is 0 Å². The number of ether oxygens (including phenoxy) is 4. The van der Waals surface area contributed by atoms with Crippen molar-refractivity contribution in [1.29, 1.82) is 0 Å². The Balaban J connectivity index is 2.04. The molecule has 0 spiro atoms.